The third-order valence-corrected chi connectivity index (χ3v) is 2.86. The molecule has 19 heavy (non-hydrogen) atoms. The van der Waals surface area contributed by atoms with Gasteiger partial charge in [-0.2, -0.15) is 13.2 Å². The van der Waals surface area contributed by atoms with Crippen LogP contribution in [0.5, 0.6) is 0 Å². The Bertz CT molecular complexity index is 393. The molecular formula is C11H15F3N2O3. The number of carbonyl (C=O) groups excluding carboxylic acids is 1. The molecule has 1 rings (SSSR count). The van der Waals surface area contributed by atoms with E-state index in [4.69, 9.17) is 5.11 Å². The SMILES string of the molecule is CC[C@H](NC(=O)N1CC=C(C(F)(F)F)CC1)C(=O)O. The summed E-state index contributed by atoms with van der Waals surface area (Å²) in [5.74, 6) is -1.17. The van der Waals surface area contributed by atoms with Gasteiger partial charge in [0.15, 0.2) is 0 Å². The Morgan fingerprint density at radius 2 is 2.16 bits per heavy atom. The number of rotatable bonds is 3. The quantitative estimate of drug-likeness (QED) is 0.774. The predicted molar refractivity (Wildman–Crippen MR) is 60.6 cm³/mol. The van der Waals surface area contributed by atoms with Crippen molar-refractivity contribution in [3.05, 3.63) is 11.6 Å². The molecule has 8 heteroatoms. The van der Waals surface area contributed by atoms with Gasteiger partial charge in [-0.05, 0) is 12.8 Å². The molecule has 0 radical (unpaired) electrons. The molecular weight excluding hydrogens is 265 g/mol. The lowest BCUT2D eigenvalue weighted by Crippen LogP contribution is -2.49. The molecule has 1 atom stereocenters. The van der Waals surface area contributed by atoms with Gasteiger partial charge >= 0.3 is 18.2 Å². The van der Waals surface area contributed by atoms with E-state index in [2.05, 4.69) is 5.32 Å². The number of carbonyl (C=O) groups is 2. The fourth-order valence-electron chi connectivity index (χ4n) is 1.69. The van der Waals surface area contributed by atoms with E-state index < -0.39 is 29.8 Å². The van der Waals surface area contributed by atoms with Crippen LogP contribution in [0.4, 0.5) is 18.0 Å². The Hall–Kier alpha value is -1.73. The average molecular weight is 280 g/mol. The number of carboxylic acid groups (broad SMARTS) is 1. The van der Waals surface area contributed by atoms with Crippen molar-refractivity contribution >= 4 is 12.0 Å². The summed E-state index contributed by atoms with van der Waals surface area (Å²) in [5, 5.41) is 11.0. The van der Waals surface area contributed by atoms with E-state index in [1.807, 2.05) is 0 Å². The fourth-order valence-corrected chi connectivity index (χ4v) is 1.69. The Kier molecular flexibility index (Phi) is 4.79. The topological polar surface area (TPSA) is 69.6 Å². The number of halogens is 3. The van der Waals surface area contributed by atoms with Gasteiger partial charge in [0.25, 0.3) is 0 Å². The second-order valence-electron chi connectivity index (χ2n) is 4.17. The van der Waals surface area contributed by atoms with Crippen molar-refractivity contribution in [1.82, 2.24) is 10.2 Å². The number of amides is 2. The molecule has 108 valence electrons. The highest BCUT2D eigenvalue weighted by molar-refractivity contribution is 5.82. The Balaban J connectivity index is 2.58. The number of nitrogens with one attached hydrogen (secondary N) is 1. The van der Waals surface area contributed by atoms with Crippen molar-refractivity contribution in [1.29, 1.82) is 0 Å². The van der Waals surface area contributed by atoms with Crippen LogP contribution in [0.3, 0.4) is 0 Å². The Morgan fingerprint density at radius 1 is 1.53 bits per heavy atom. The van der Waals surface area contributed by atoms with Gasteiger partial charge in [-0.1, -0.05) is 13.0 Å². The number of urea groups is 1. The summed E-state index contributed by atoms with van der Waals surface area (Å²) in [5.41, 5.74) is -0.651. The van der Waals surface area contributed by atoms with Gasteiger partial charge in [-0.15, -0.1) is 0 Å². The minimum absolute atomic E-state index is 0.0762. The zero-order valence-corrected chi connectivity index (χ0v) is 10.3. The molecule has 1 aliphatic heterocycles. The highest BCUT2D eigenvalue weighted by Gasteiger charge is 2.35. The lowest BCUT2D eigenvalue weighted by molar-refractivity contribution is -0.139. The first-order valence-electron chi connectivity index (χ1n) is 5.80. The lowest BCUT2D eigenvalue weighted by Gasteiger charge is -2.28. The normalized spacial score (nSPS) is 17.7. The van der Waals surface area contributed by atoms with Gasteiger partial charge in [-0.25, -0.2) is 9.59 Å². The van der Waals surface area contributed by atoms with E-state index in [0.717, 1.165) is 11.0 Å². The first-order valence-corrected chi connectivity index (χ1v) is 5.80. The second kappa shape index (κ2) is 5.94. The summed E-state index contributed by atoms with van der Waals surface area (Å²) in [7, 11) is 0. The summed E-state index contributed by atoms with van der Waals surface area (Å²) in [6.45, 7) is 1.35. The molecule has 0 aromatic heterocycles. The largest absolute Gasteiger partial charge is 0.480 e. The first-order chi connectivity index (χ1) is 8.75. The summed E-state index contributed by atoms with van der Waals surface area (Å²) < 4.78 is 37.1. The number of hydrogen-bond acceptors (Lipinski definition) is 2. The van der Waals surface area contributed by atoms with Crippen molar-refractivity contribution in [3.63, 3.8) is 0 Å². The Morgan fingerprint density at radius 3 is 2.53 bits per heavy atom. The van der Waals surface area contributed by atoms with Crippen molar-refractivity contribution in [2.75, 3.05) is 13.1 Å². The maximum Gasteiger partial charge on any atom is 0.412 e. The number of nitrogens with zero attached hydrogens (tertiary/aromatic N) is 1. The fraction of sp³-hybridized carbons (Fsp3) is 0.636. The molecule has 2 N–H and O–H groups in total. The molecule has 2 amide bonds. The van der Waals surface area contributed by atoms with E-state index in [-0.39, 0.29) is 25.9 Å². The molecule has 0 fully saturated rings. The van der Waals surface area contributed by atoms with Crippen LogP contribution in [0.15, 0.2) is 11.6 Å². The second-order valence-corrected chi connectivity index (χ2v) is 4.17. The maximum atomic E-state index is 12.4. The summed E-state index contributed by atoms with van der Waals surface area (Å²) in [6.07, 6.45) is -3.49. The number of hydrogen-bond donors (Lipinski definition) is 2. The minimum atomic E-state index is -4.37. The zero-order valence-electron chi connectivity index (χ0n) is 10.3. The molecule has 0 aliphatic carbocycles. The van der Waals surface area contributed by atoms with Gasteiger partial charge in [0.1, 0.15) is 6.04 Å². The van der Waals surface area contributed by atoms with Crippen molar-refractivity contribution in [2.24, 2.45) is 0 Å². The van der Waals surface area contributed by atoms with Crippen LogP contribution >= 0.6 is 0 Å². The monoisotopic (exact) mass is 280 g/mol. The first kappa shape index (κ1) is 15.3. The maximum absolute atomic E-state index is 12.4. The molecule has 1 heterocycles. The van der Waals surface area contributed by atoms with Crippen molar-refractivity contribution < 1.29 is 27.9 Å². The molecule has 0 unspecified atom stereocenters. The molecule has 1 aliphatic rings. The van der Waals surface area contributed by atoms with Crippen LogP contribution in [0, 0.1) is 0 Å². The van der Waals surface area contributed by atoms with Crippen molar-refractivity contribution in [3.8, 4) is 0 Å². The molecule has 0 spiro atoms. The number of alkyl halides is 3. The van der Waals surface area contributed by atoms with Gasteiger partial charge in [0.05, 0.1) is 0 Å². The molecule has 5 nitrogen and oxygen atoms in total. The van der Waals surface area contributed by atoms with Crippen LogP contribution in [-0.2, 0) is 4.79 Å². The summed E-state index contributed by atoms with van der Waals surface area (Å²) >= 11 is 0. The average Bonchev–Trinajstić information content (AvgIpc) is 2.34. The van der Waals surface area contributed by atoms with Crippen LogP contribution in [0.25, 0.3) is 0 Å². The van der Waals surface area contributed by atoms with Gasteiger partial charge < -0.3 is 15.3 Å². The van der Waals surface area contributed by atoms with Crippen molar-refractivity contribution in [2.45, 2.75) is 32.0 Å². The zero-order chi connectivity index (χ0) is 14.6. The third kappa shape index (κ3) is 4.15. The lowest BCUT2D eigenvalue weighted by atomic mass is 10.1. The molecule has 0 aromatic carbocycles. The van der Waals surface area contributed by atoms with Gasteiger partial charge in [0.2, 0.25) is 0 Å². The van der Waals surface area contributed by atoms with E-state index >= 15 is 0 Å². The predicted octanol–water partition coefficient (Wildman–Crippen LogP) is 1.75. The Labute approximate surface area is 108 Å². The third-order valence-electron chi connectivity index (χ3n) is 2.86. The summed E-state index contributed by atoms with van der Waals surface area (Å²) in [6, 6.07) is -1.69. The van der Waals surface area contributed by atoms with E-state index in [9.17, 15) is 22.8 Å². The molecule has 0 saturated carbocycles. The van der Waals surface area contributed by atoms with E-state index in [1.54, 1.807) is 6.92 Å². The highest BCUT2D eigenvalue weighted by Crippen LogP contribution is 2.30. The summed E-state index contributed by atoms with van der Waals surface area (Å²) in [4.78, 5) is 23.6. The number of aliphatic carboxylic acids is 1. The smallest absolute Gasteiger partial charge is 0.412 e. The van der Waals surface area contributed by atoms with E-state index in [0.29, 0.717) is 0 Å². The van der Waals surface area contributed by atoms with Crippen LogP contribution < -0.4 is 5.32 Å². The molecule has 0 bridgehead atoms. The van der Waals surface area contributed by atoms with Crippen LogP contribution in [0.1, 0.15) is 19.8 Å². The standard InChI is InChI=1S/C11H15F3N2O3/c1-2-8(9(17)18)15-10(19)16-5-3-7(4-6-16)11(12,13)14/h3,8H,2,4-6H2,1H3,(H,15,19)(H,17,18)/t8-/m0/s1. The van der Waals surface area contributed by atoms with Crippen LogP contribution in [0.2, 0.25) is 0 Å². The molecule has 0 saturated heterocycles. The molecule has 0 aromatic rings. The van der Waals surface area contributed by atoms with Gasteiger partial charge in [0, 0.05) is 18.7 Å². The van der Waals surface area contributed by atoms with Gasteiger partial charge in [-0.3, -0.25) is 0 Å². The minimum Gasteiger partial charge on any atom is -0.480 e. The van der Waals surface area contributed by atoms with Crippen LogP contribution in [-0.4, -0.2) is 47.3 Å². The number of carboxylic acids is 1. The highest BCUT2D eigenvalue weighted by atomic mass is 19.4. The van der Waals surface area contributed by atoms with E-state index in [1.165, 1.54) is 0 Å².